The standard InChI is InChI=1S/C23H29N9O/c33-21(29-22-24-10-11-25-22)18-9-4-12-32(18)23-26-16-8-3-7-15(16)20(28-23)27-19-13-17(30-31-19)14-5-1-2-6-14/h10-11,13-14,18H,1-9,12H2,(H2,24,25,29,33)(H2,26,27,28,30,31)/t18-/m0/s1. The minimum atomic E-state index is -0.318. The first-order valence-corrected chi connectivity index (χ1v) is 12.0. The Hall–Kier alpha value is -3.43. The largest absolute Gasteiger partial charge is 0.331 e. The van der Waals surface area contributed by atoms with E-state index in [-0.39, 0.29) is 11.9 Å². The summed E-state index contributed by atoms with van der Waals surface area (Å²) in [5.41, 5.74) is 3.45. The third-order valence-electron chi connectivity index (χ3n) is 7.11. The number of nitrogens with one attached hydrogen (secondary N) is 4. The lowest BCUT2D eigenvalue weighted by atomic mass is 10.0. The van der Waals surface area contributed by atoms with Crippen LogP contribution in [0.1, 0.15) is 67.8 Å². The van der Waals surface area contributed by atoms with Crippen LogP contribution in [0.2, 0.25) is 0 Å². The summed E-state index contributed by atoms with van der Waals surface area (Å²) in [6, 6.07) is 1.80. The van der Waals surface area contributed by atoms with Crippen molar-refractivity contribution in [1.82, 2.24) is 30.1 Å². The minimum absolute atomic E-state index is 0.0884. The Morgan fingerprint density at radius 3 is 2.85 bits per heavy atom. The number of nitrogens with zero attached hydrogens (tertiary/aromatic N) is 5. The molecule has 4 heterocycles. The number of aryl methyl sites for hydroxylation is 1. The molecular formula is C23H29N9O. The van der Waals surface area contributed by atoms with Gasteiger partial charge in [-0.15, -0.1) is 0 Å². The zero-order chi connectivity index (χ0) is 22.2. The lowest BCUT2D eigenvalue weighted by Gasteiger charge is -2.24. The lowest BCUT2D eigenvalue weighted by molar-refractivity contribution is -0.117. The summed E-state index contributed by atoms with van der Waals surface area (Å²) in [7, 11) is 0. The van der Waals surface area contributed by atoms with Gasteiger partial charge in [-0.25, -0.2) is 9.97 Å². The quantitative estimate of drug-likeness (QED) is 0.456. The first kappa shape index (κ1) is 20.2. The summed E-state index contributed by atoms with van der Waals surface area (Å²) < 4.78 is 0. The summed E-state index contributed by atoms with van der Waals surface area (Å²) in [4.78, 5) is 31.8. The molecular weight excluding hydrogens is 418 g/mol. The molecule has 10 heteroatoms. The molecule has 4 N–H and O–H groups in total. The maximum atomic E-state index is 12.9. The molecule has 2 aliphatic carbocycles. The summed E-state index contributed by atoms with van der Waals surface area (Å²) >= 11 is 0. The number of hydrogen-bond donors (Lipinski definition) is 4. The molecule has 3 aromatic heterocycles. The van der Waals surface area contributed by atoms with Crippen molar-refractivity contribution in [1.29, 1.82) is 0 Å². The number of anilines is 4. The second kappa shape index (κ2) is 8.49. The number of H-pyrrole nitrogens is 2. The van der Waals surface area contributed by atoms with Gasteiger partial charge in [0, 0.05) is 42.2 Å². The number of aromatic nitrogens is 6. The van der Waals surface area contributed by atoms with Crippen molar-refractivity contribution in [3.8, 4) is 0 Å². The monoisotopic (exact) mass is 447 g/mol. The van der Waals surface area contributed by atoms with E-state index in [4.69, 9.17) is 9.97 Å². The highest BCUT2D eigenvalue weighted by atomic mass is 16.2. The Labute approximate surface area is 192 Å². The van der Waals surface area contributed by atoms with E-state index in [9.17, 15) is 4.79 Å². The Morgan fingerprint density at radius 1 is 1.09 bits per heavy atom. The minimum Gasteiger partial charge on any atom is -0.331 e. The molecule has 10 nitrogen and oxygen atoms in total. The van der Waals surface area contributed by atoms with E-state index in [1.165, 1.54) is 36.9 Å². The molecule has 1 saturated heterocycles. The van der Waals surface area contributed by atoms with Gasteiger partial charge in [-0.2, -0.15) is 10.1 Å². The average molecular weight is 448 g/mol. The van der Waals surface area contributed by atoms with Gasteiger partial charge in [0.25, 0.3) is 0 Å². The molecule has 0 bridgehead atoms. The van der Waals surface area contributed by atoms with Crippen molar-refractivity contribution in [2.75, 3.05) is 22.1 Å². The van der Waals surface area contributed by atoms with Crippen molar-refractivity contribution in [3.63, 3.8) is 0 Å². The smallest absolute Gasteiger partial charge is 0.249 e. The van der Waals surface area contributed by atoms with Crippen LogP contribution in [0.4, 0.5) is 23.5 Å². The van der Waals surface area contributed by atoms with Crippen molar-refractivity contribution in [2.24, 2.45) is 0 Å². The molecule has 33 heavy (non-hydrogen) atoms. The van der Waals surface area contributed by atoms with Gasteiger partial charge in [0.15, 0.2) is 5.82 Å². The molecule has 2 fully saturated rings. The molecule has 3 aliphatic rings. The molecule has 1 atom stereocenters. The number of fused-ring (bicyclic) bond motifs is 1. The van der Waals surface area contributed by atoms with Crippen LogP contribution in [0.15, 0.2) is 18.5 Å². The van der Waals surface area contributed by atoms with Crippen LogP contribution < -0.4 is 15.5 Å². The van der Waals surface area contributed by atoms with Gasteiger partial charge >= 0.3 is 0 Å². The number of carbonyl (C=O) groups is 1. The molecule has 1 aliphatic heterocycles. The van der Waals surface area contributed by atoms with Crippen LogP contribution in [0.25, 0.3) is 0 Å². The van der Waals surface area contributed by atoms with E-state index in [0.717, 1.165) is 56.0 Å². The topological polar surface area (TPSA) is 128 Å². The van der Waals surface area contributed by atoms with E-state index < -0.39 is 0 Å². The number of aromatic amines is 2. The average Bonchev–Trinajstić information content (AvgIpc) is 3.64. The van der Waals surface area contributed by atoms with Crippen LogP contribution in [-0.2, 0) is 17.6 Å². The third kappa shape index (κ3) is 3.94. The first-order chi connectivity index (χ1) is 16.2. The Balaban J connectivity index is 1.25. The third-order valence-corrected chi connectivity index (χ3v) is 7.11. The maximum Gasteiger partial charge on any atom is 0.249 e. The summed E-state index contributed by atoms with van der Waals surface area (Å²) in [6.07, 6.45) is 13.0. The summed E-state index contributed by atoms with van der Waals surface area (Å²) in [5.74, 6) is 3.17. The van der Waals surface area contributed by atoms with Crippen LogP contribution in [0.3, 0.4) is 0 Å². The van der Waals surface area contributed by atoms with Gasteiger partial charge in [0.05, 0.1) is 5.69 Å². The molecule has 0 aromatic carbocycles. The van der Waals surface area contributed by atoms with E-state index in [1.54, 1.807) is 12.4 Å². The zero-order valence-electron chi connectivity index (χ0n) is 18.6. The van der Waals surface area contributed by atoms with E-state index in [2.05, 4.69) is 36.9 Å². The van der Waals surface area contributed by atoms with Crippen molar-refractivity contribution in [2.45, 2.75) is 69.7 Å². The van der Waals surface area contributed by atoms with E-state index in [0.29, 0.717) is 17.8 Å². The Bertz CT molecular complexity index is 1130. The highest BCUT2D eigenvalue weighted by molar-refractivity contribution is 5.95. The predicted molar refractivity (Wildman–Crippen MR) is 125 cm³/mol. The second-order valence-corrected chi connectivity index (χ2v) is 9.24. The fourth-order valence-corrected chi connectivity index (χ4v) is 5.43. The van der Waals surface area contributed by atoms with Crippen molar-refractivity contribution >= 4 is 29.4 Å². The van der Waals surface area contributed by atoms with Crippen LogP contribution in [0.5, 0.6) is 0 Å². The van der Waals surface area contributed by atoms with Crippen molar-refractivity contribution in [3.05, 3.63) is 35.4 Å². The van der Waals surface area contributed by atoms with E-state index >= 15 is 0 Å². The number of hydrogen-bond acceptors (Lipinski definition) is 7. The summed E-state index contributed by atoms with van der Waals surface area (Å²) in [6.45, 7) is 0.753. The van der Waals surface area contributed by atoms with Gasteiger partial charge < -0.3 is 15.2 Å². The van der Waals surface area contributed by atoms with Gasteiger partial charge in [-0.05, 0) is 44.9 Å². The van der Waals surface area contributed by atoms with Crippen LogP contribution in [-0.4, -0.2) is 48.6 Å². The number of imidazole rings is 1. The molecule has 172 valence electrons. The van der Waals surface area contributed by atoms with Gasteiger partial charge in [0.1, 0.15) is 11.9 Å². The maximum absolute atomic E-state index is 12.9. The second-order valence-electron chi connectivity index (χ2n) is 9.24. The Morgan fingerprint density at radius 2 is 2.00 bits per heavy atom. The molecule has 3 aromatic rings. The van der Waals surface area contributed by atoms with E-state index in [1.807, 2.05) is 4.90 Å². The number of amides is 1. The highest BCUT2D eigenvalue weighted by Gasteiger charge is 2.34. The molecule has 1 amide bonds. The molecule has 0 unspecified atom stereocenters. The van der Waals surface area contributed by atoms with Gasteiger partial charge in [-0.3, -0.25) is 15.2 Å². The fourth-order valence-electron chi connectivity index (χ4n) is 5.43. The first-order valence-electron chi connectivity index (χ1n) is 12.0. The zero-order valence-corrected chi connectivity index (χ0v) is 18.6. The number of rotatable bonds is 6. The fraction of sp³-hybridized carbons (Fsp3) is 0.522. The molecule has 0 radical (unpaired) electrons. The predicted octanol–water partition coefficient (Wildman–Crippen LogP) is 3.42. The van der Waals surface area contributed by atoms with Crippen LogP contribution >= 0.6 is 0 Å². The highest BCUT2D eigenvalue weighted by Crippen LogP contribution is 2.35. The normalized spacial score (nSPS) is 20.4. The lowest BCUT2D eigenvalue weighted by Crippen LogP contribution is -2.41. The molecule has 1 saturated carbocycles. The molecule has 0 spiro atoms. The van der Waals surface area contributed by atoms with Gasteiger partial charge in [0.2, 0.25) is 17.8 Å². The SMILES string of the molecule is O=C(Nc1ncc[nH]1)[C@@H]1CCCN1c1nc2c(c(Nc3cc(C4CCCC4)[nH]n3)n1)CCC2. The number of carbonyl (C=O) groups excluding carboxylic acids is 1. The summed E-state index contributed by atoms with van der Waals surface area (Å²) in [5, 5.41) is 14.1. The van der Waals surface area contributed by atoms with Crippen LogP contribution in [0, 0.1) is 0 Å². The molecule has 6 rings (SSSR count). The Kier molecular flexibility index (Phi) is 5.20. The van der Waals surface area contributed by atoms with Crippen molar-refractivity contribution < 1.29 is 4.79 Å². The van der Waals surface area contributed by atoms with Gasteiger partial charge in [-0.1, -0.05) is 12.8 Å².